The number of rotatable bonds is 5. The van der Waals surface area contributed by atoms with E-state index in [2.05, 4.69) is 0 Å². The van der Waals surface area contributed by atoms with Crippen LogP contribution in [0.4, 0.5) is 4.39 Å². The zero-order valence-corrected chi connectivity index (χ0v) is 14.4. The molecular weight excluding hydrogens is 329 g/mol. The van der Waals surface area contributed by atoms with Gasteiger partial charge in [0, 0.05) is 19.5 Å². The van der Waals surface area contributed by atoms with Gasteiger partial charge in [-0.3, -0.25) is 4.79 Å². The van der Waals surface area contributed by atoms with E-state index in [0.29, 0.717) is 31.9 Å². The molecule has 1 aromatic heterocycles. The van der Waals surface area contributed by atoms with Crippen LogP contribution in [0.15, 0.2) is 40.8 Å². The van der Waals surface area contributed by atoms with Gasteiger partial charge in [-0.15, -0.1) is 0 Å². The number of furan rings is 1. The quantitative estimate of drug-likeness (QED) is 0.830. The molecule has 0 unspecified atom stereocenters. The number of carbonyl (C=O) groups is 1. The number of carbonyl (C=O) groups excluding carboxylic acids is 1. The minimum absolute atomic E-state index is 0.0891. The van der Waals surface area contributed by atoms with E-state index in [4.69, 9.17) is 9.15 Å². The summed E-state index contributed by atoms with van der Waals surface area (Å²) in [6.45, 7) is 1.56. The summed E-state index contributed by atoms with van der Waals surface area (Å²) in [4.78, 5) is 14.3. The highest BCUT2D eigenvalue weighted by atomic mass is 32.2. The van der Waals surface area contributed by atoms with Crippen molar-refractivity contribution < 1.29 is 18.3 Å². The minimum atomic E-state index is -0.251. The Kier molecular flexibility index (Phi) is 5.58. The van der Waals surface area contributed by atoms with Gasteiger partial charge >= 0.3 is 0 Å². The monoisotopic (exact) mass is 349 g/mol. The number of thioether (sulfide) groups is 1. The Labute approximate surface area is 145 Å². The van der Waals surface area contributed by atoms with Crippen LogP contribution in [0, 0.1) is 5.82 Å². The van der Waals surface area contributed by atoms with Gasteiger partial charge in [-0.25, -0.2) is 4.39 Å². The van der Waals surface area contributed by atoms with Crippen LogP contribution in [0.3, 0.4) is 0 Å². The topological polar surface area (TPSA) is 42.7 Å². The highest BCUT2D eigenvalue weighted by Gasteiger charge is 2.27. The van der Waals surface area contributed by atoms with E-state index in [1.807, 2.05) is 12.3 Å². The molecule has 1 saturated heterocycles. The van der Waals surface area contributed by atoms with E-state index in [1.165, 1.54) is 12.1 Å². The van der Waals surface area contributed by atoms with Crippen LogP contribution in [-0.2, 0) is 16.9 Å². The molecule has 2 aromatic rings. The Morgan fingerprint density at radius 1 is 1.29 bits per heavy atom. The van der Waals surface area contributed by atoms with E-state index in [1.54, 1.807) is 34.9 Å². The first-order chi connectivity index (χ1) is 11.7. The van der Waals surface area contributed by atoms with Crippen molar-refractivity contribution in [2.75, 3.05) is 26.0 Å². The second-order valence-corrected chi connectivity index (χ2v) is 6.64. The number of amides is 1. The van der Waals surface area contributed by atoms with E-state index in [0.717, 1.165) is 17.1 Å². The van der Waals surface area contributed by atoms with Crippen LogP contribution >= 0.6 is 11.8 Å². The molecule has 1 fully saturated rings. The van der Waals surface area contributed by atoms with Gasteiger partial charge in [0.15, 0.2) is 5.76 Å². The van der Waals surface area contributed by atoms with E-state index in [-0.39, 0.29) is 17.8 Å². The molecule has 128 valence electrons. The second kappa shape index (κ2) is 7.85. The maximum Gasteiger partial charge on any atom is 0.289 e. The van der Waals surface area contributed by atoms with Gasteiger partial charge in [0.25, 0.3) is 5.91 Å². The average molecular weight is 349 g/mol. The number of hydrogen-bond acceptors (Lipinski definition) is 4. The Bertz CT molecular complexity index is 686. The normalized spacial score (nSPS) is 17.9. The van der Waals surface area contributed by atoms with Crippen molar-refractivity contribution in [3.8, 4) is 0 Å². The zero-order valence-electron chi connectivity index (χ0n) is 13.5. The highest BCUT2D eigenvalue weighted by Crippen LogP contribution is 2.18. The molecule has 0 N–H and O–H groups in total. The molecule has 1 amide bonds. The molecule has 4 nitrogen and oxygen atoms in total. The number of halogens is 1. The molecule has 0 bridgehead atoms. The zero-order chi connectivity index (χ0) is 16.9. The summed E-state index contributed by atoms with van der Waals surface area (Å²) in [6, 6.07) is 9.97. The van der Waals surface area contributed by atoms with Crippen molar-refractivity contribution in [3.63, 3.8) is 0 Å². The summed E-state index contributed by atoms with van der Waals surface area (Å²) >= 11 is 1.65. The first kappa shape index (κ1) is 17.0. The van der Waals surface area contributed by atoms with Crippen molar-refractivity contribution in [1.29, 1.82) is 0 Å². The predicted molar refractivity (Wildman–Crippen MR) is 91.7 cm³/mol. The molecular formula is C18H20FNO3S. The van der Waals surface area contributed by atoms with Crippen molar-refractivity contribution in [3.05, 3.63) is 59.3 Å². The van der Waals surface area contributed by atoms with Gasteiger partial charge in [-0.05, 0) is 36.1 Å². The minimum Gasteiger partial charge on any atom is -0.455 e. The number of nitrogens with zero attached hydrogens (tertiary/aromatic N) is 1. The molecule has 1 aromatic carbocycles. The number of benzene rings is 1. The molecule has 0 saturated carbocycles. The lowest BCUT2D eigenvalue weighted by Gasteiger charge is -2.32. The smallest absolute Gasteiger partial charge is 0.289 e. The Morgan fingerprint density at radius 3 is 2.83 bits per heavy atom. The molecule has 0 aliphatic carbocycles. The lowest BCUT2D eigenvalue weighted by atomic mass is 10.1. The van der Waals surface area contributed by atoms with Gasteiger partial charge in [0.2, 0.25) is 0 Å². The van der Waals surface area contributed by atoms with Crippen molar-refractivity contribution in [1.82, 2.24) is 4.90 Å². The van der Waals surface area contributed by atoms with Gasteiger partial charge in [-0.2, -0.15) is 11.8 Å². The van der Waals surface area contributed by atoms with E-state index in [9.17, 15) is 9.18 Å². The van der Waals surface area contributed by atoms with Crippen LogP contribution in [0.2, 0.25) is 0 Å². The third-order valence-electron chi connectivity index (χ3n) is 3.96. The molecule has 1 atom stereocenters. The van der Waals surface area contributed by atoms with Crippen LogP contribution in [0.25, 0.3) is 0 Å². The summed E-state index contributed by atoms with van der Waals surface area (Å²) in [6.07, 6.45) is 2.56. The Morgan fingerprint density at radius 2 is 2.08 bits per heavy atom. The highest BCUT2D eigenvalue weighted by molar-refractivity contribution is 7.97. The van der Waals surface area contributed by atoms with Crippen LogP contribution in [-0.4, -0.2) is 42.9 Å². The van der Waals surface area contributed by atoms with Gasteiger partial charge in [-0.1, -0.05) is 12.1 Å². The van der Waals surface area contributed by atoms with E-state index >= 15 is 0 Å². The number of ether oxygens (including phenoxy) is 1. The third kappa shape index (κ3) is 4.19. The molecule has 2 heterocycles. The molecule has 0 radical (unpaired) electrons. The fourth-order valence-electron chi connectivity index (χ4n) is 2.78. The first-order valence-corrected chi connectivity index (χ1v) is 9.28. The van der Waals surface area contributed by atoms with Gasteiger partial charge < -0.3 is 14.1 Å². The largest absolute Gasteiger partial charge is 0.455 e. The summed E-state index contributed by atoms with van der Waals surface area (Å²) in [5.41, 5.74) is 0.996. The van der Waals surface area contributed by atoms with Crippen LogP contribution in [0.5, 0.6) is 0 Å². The van der Waals surface area contributed by atoms with Crippen molar-refractivity contribution >= 4 is 17.7 Å². The molecule has 1 aliphatic heterocycles. The Balaban J connectivity index is 1.61. The Hall–Kier alpha value is -1.79. The maximum atomic E-state index is 13.0. The van der Waals surface area contributed by atoms with Crippen LogP contribution in [0.1, 0.15) is 21.9 Å². The number of morpholine rings is 1. The summed E-state index contributed by atoms with van der Waals surface area (Å²) in [5, 5.41) is 0. The lowest BCUT2D eigenvalue weighted by Crippen LogP contribution is -2.46. The SMILES string of the molecule is CSCc1ccc(C(=O)N2CCO[C@H](Cc3ccc(F)cc3)C2)o1. The number of hydrogen-bond donors (Lipinski definition) is 0. The fraction of sp³-hybridized carbons (Fsp3) is 0.389. The lowest BCUT2D eigenvalue weighted by molar-refractivity contribution is -0.0218. The van der Waals surface area contributed by atoms with Crippen molar-refractivity contribution in [2.24, 2.45) is 0 Å². The summed E-state index contributed by atoms with van der Waals surface area (Å²) in [7, 11) is 0. The first-order valence-electron chi connectivity index (χ1n) is 7.88. The maximum absolute atomic E-state index is 13.0. The van der Waals surface area contributed by atoms with E-state index < -0.39 is 0 Å². The third-order valence-corrected chi connectivity index (χ3v) is 4.53. The van der Waals surface area contributed by atoms with Gasteiger partial charge in [0.05, 0.1) is 18.5 Å². The molecule has 1 aliphatic rings. The molecule has 6 heteroatoms. The molecule has 3 rings (SSSR count). The predicted octanol–water partition coefficient (Wildman–Crippen LogP) is 3.37. The fourth-order valence-corrected chi connectivity index (χ4v) is 3.22. The second-order valence-electron chi connectivity index (χ2n) is 5.77. The average Bonchev–Trinajstić information content (AvgIpc) is 3.06. The summed E-state index contributed by atoms with van der Waals surface area (Å²) < 4.78 is 24.3. The summed E-state index contributed by atoms with van der Waals surface area (Å²) in [5.74, 6) is 1.58. The molecule has 24 heavy (non-hydrogen) atoms. The van der Waals surface area contributed by atoms with Crippen LogP contribution < -0.4 is 0 Å². The van der Waals surface area contributed by atoms with Gasteiger partial charge in [0.1, 0.15) is 11.6 Å². The van der Waals surface area contributed by atoms with Crippen molar-refractivity contribution in [2.45, 2.75) is 18.3 Å². The standard InChI is InChI=1S/C18H20FNO3S/c1-24-12-15-6-7-17(23-15)18(21)20-8-9-22-16(11-20)10-13-2-4-14(19)5-3-13/h2-7,16H,8-12H2,1H3/t16-/m1/s1. The molecule has 0 spiro atoms.